The number of fused-ring (bicyclic) bond motifs is 1. The number of rotatable bonds is 15. The highest BCUT2D eigenvalue weighted by Crippen LogP contribution is 2.46. The fourth-order valence-electron chi connectivity index (χ4n) is 7.99. The summed E-state index contributed by atoms with van der Waals surface area (Å²) in [7, 11) is 0.632. The van der Waals surface area contributed by atoms with Crippen LogP contribution in [0.4, 0.5) is 0 Å². The summed E-state index contributed by atoms with van der Waals surface area (Å²) in [6.45, 7) is 1.65. The van der Waals surface area contributed by atoms with Crippen LogP contribution in [0.5, 0.6) is 11.5 Å². The Labute approximate surface area is 340 Å². The number of nitrogens with one attached hydrogen (secondary N) is 1. The molecule has 0 aliphatic carbocycles. The molecule has 1 unspecified atom stereocenters. The quantitative estimate of drug-likeness (QED) is 0.0441. The maximum atomic E-state index is 14.5. The topological polar surface area (TPSA) is 208 Å². The summed E-state index contributed by atoms with van der Waals surface area (Å²) in [5.41, 5.74) is 1.85. The van der Waals surface area contributed by atoms with Gasteiger partial charge in [-0.1, -0.05) is 91.1 Å². The minimum absolute atomic E-state index is 0.00987. The fourth-order valence-corrected chi connectivity index (χ4v) is 8.29. The van der Waals surface area contributed by atoms with E-state index in [0.717, 1.165) is 22.0 Å². The lowest BCUT2D eigenvalue weighted by atomic mass is 9.65. The Morgan fingerprint density at radius 2 is 1.44 bits per heavy atom. The van der Waals surface area contributed by atoms with E-state index in [1.54, 1.807) is 48.5 Å². The second-order valence-electron chi connectivity index (χ2n) is 14.2. The average Bonchev–Trinajstić information content (AvgIpc) is 3.68. The van der Waals surface area contributed by atoms with Gasteiger partial charge in [0, 0.05) is 6.20 Å². The molecule has 1 amide bonds. The number of carbonyl (C=O) groups excluding carboxylic acids is 1. The minimum Gasteiger partial charge on any atom is -0.497 e. The highest BCUT2D eigenvalue weighted by atomic mass is 31.2. The number of H-pyrrole nitrogens is 1. The highest BCUT2D eigenvalue weighted by Gasteiger charge is 2.70. The number of carbonyl (C=O) groups is 1. The zero-order valence-corrected chi connectivity index (χ0v) is 33.6. The summed E-state index contributed by atoms with van der Waals surface area (Å²) >= 11 is 0. The number of hydrogen-bond donors (Lipinski definition) is 5. The summed E-state index contributed by atoms with van der Waals surface area (Å²) in [6, 6.07) is 30.0. The lowest BCUT2D eigenvalue weighted by Crippen LogP contribution is -2.59. The number of unbranched alkanes of at least 4 members (excludes halogenated alkanes) is 2. The van der Waals surface area contributed by atoms with Gasteiger partial charge in [0.05, 0.1) is 38.4 Å². The molecule has 3 heterocycles. The number of aromatic nitrogens is 2. The Morgan fingerprint density at radius 3 is 2.02 bits per heavy atom. The molecule has 15 nitrogen and oxygen atoms in total. The zero-order valence-electron chi connectivity index (χ0n) is 32.7. The summed E-state index contributed by atoms with van der Waals surface area (Å²) in [5, 5.41) is 25.2. The average molecular weight is 826 g/mol. The first-order chi connectivity index (χ1) is 28.5. The summed E-state index contributed by atoms with van der Waals surface area (Å²) in [4.78, 5) is 55.6. The largest absolute Gasteiger partial charge is 0.497 e. The standard InChI is InChI=1S/C43H45N4O11P/c1-4-5-11-24-56-39-33-15-10-9-14-32(33)38(50)47(39)43(52)36(48)35(26-57-59(44)53)58-40(43)46-25-34(37(49)45-41(46)51)42(27-12-7-6-8-13-27,28-16-20-30(54-2)21-17-28)29-18-22-31(55-3)23-19-29/h6-10,12-23,25,35-36,40,48,52-53H,4-5,11,24,26,44H2,1-3H3/p+1/t35-,36-,40-,43-,59?/m1/s1. The van der Waals surface area contributed by atoms with Gasteiger partial charge in [-0.05, 0) is 59.5 Å². The van der Waals surface area contributed by atoms with Gasteiger partial charge in [-0.25, -0.2) is 9.59 Å². The van der Waals surface area contributed by atoms with Crippen LogP contribution in [0, 0.1) is 0 Å². The molecular formula is C43H46N4O11P+. The normalized spacial score (nSPS) is 20.7. The Balaban J connectivity index is 1.51. The van der Waals surface area contributed by atoms with Gasteiger partial charge < -0.3 is 38.6 Å². The molecule has 7 rings (SSSR count). The first-order valence-electron chi connectivity index (χ1n) is 19.1. The first kappa shape index (κ1) is 41.6. The van der Waals surface area contributed by atoms with Crippen LogP contribution >= 0.6 is 8.53 Å². The van der Waals surface area contributed by atoms with E-state index >= 15 is 0 Å². The lowest BCUT2D eigenvalue weighted by Gasteiger charge is -2.36. The molecule has 1 saturated heterocycles. The molecule has 1 fully saturated rings. The number of methoxy groups -OCH3 is 2. The van der Waals surface area contributed by atoms with Crippen LogP contribution in [0.1, 0.15) is 70.6 Å². The van der Waals surface area contributed by atoms with E-state index in [0.29, 0.717) is 40.2 Å². The molecule has 4 aromatic carbocycles. The third kappa shape index (κ3) is 7.40. The number of benzene rings is 4. The summed E-state index contributed by atoms with van der Waals surface area (Å²) < 4.78 is 30.6. The van der Waals surface area contributed by atoms with Gasteiger partial charge in [0.2, 0.25) is 14.8 Å². The molecule has 6 N–H and O–H groups in total. The van der Waals surface area contributed by atoms with Crippen LogP contribution in [-0.4, -0.2) is 86.4 Å². The molecule has 1 aromatic heterocycles. The van der Waals surface area contributed by atoms with Crippen molar-refractivity contribution in [3.8, 4) is 11.5 Å². The molecule has 59 heavy (non-hydrogen) atoms. The lowest BCUT2D eigenvalue weighted by molar-refractivity contribution is -0.609. The van der Waals surface area contributed by atoms with Gasteiger partial charge in [-0.3, -0.25) is 19.8 Å². The fraction of sp³-hybridized carbons (Fsp3) is 0.302. The molecule has 308 valence electrons. The van der Waals surface area contributed by atoms with E-state index in [1.165, 1.54) is 20.4 Å². The molecule has 0 bridgehead atoms. The van der Waals surface area contributed by atoms with Crippen molar-refractivity contribution < 1.29 is 47.9 Å². The third-order valence-electron chi connectivity index (χ3n) is 10.8. The second kappa shape index (κ2) is 17.4. The number of aliphatic hydroxyl groups is 2. The molecule has 2 aliphatic heterocycles. The van der Waals surface area contributed by atoms with Crippen LogP contribution in [-0.2, 0) is 19.4 Å². The SMILES string of the molecule is CCCCCOC1=[N+]([C@@]2(O)[C@H](O)[C@@H](COP(N)O)O[C@H]2n2cc(C(c3ccccc3)(c3ccc(OC)cc3)c3ccc(OC)cc3)c(=O)[nH]c2=O)C(=O)c2ccccc21. The molecule has 0 spiro atoms. The van der Waals surface area contributed by atoms with Crippen LogP contribution in [0.3, 0.4) is 0 Å². The van der Waals surface area contributed by atoms with E-state index < -0.39 is 61.9 Å². The molecule has 0 radical (unpaired) electrons. The summed E-state index contributed by atoms with van der Waals surface area (Å²) in [5.74, 6) is 0.314. The van der Waals surface area contributed by atoms with Crippen LogP contribution in [0.15, 0.2) is 119 Å². The van der Waals surface area contributed by atoms with Gasteiger partial charge in [-0.2, -0.15) is 0 Å². The minimum atomic E-state index is -2.79. The van der Waals surface area contributed by atoms with E-state index in [9.17, 15) is 29.5 Å². The third-order valence-corrected chi connectivity index (χ3v) is 11.3. The van der Waals surface area contributed by atoms with Crippen molar-refractivity contribution in [1.29, 1.82) is 0 Å². The number of ether oxygens (including phenoxy) is 4. The van der Waals surface area contributed by atoms with Crippen LogP contribution in [0.25, 0.3) is 0 Å². The van der Waals surface area contributed by atoms with E-state index in [1.807, 2.05) is 61.5 Å². The zero-order chi connectivity index (χ0) is 41.9. The van der Waals surface area contributed by atoms with Crippen molar-refractivity contribution in [1.82, 2.24) is 9.55 Å². The van der Waals surface area contributed by atoms with Crippen LogP contribution in [0.2, 0.25) is 0 Å². The maximum absolute atomic E-state index is 14.5. The summed E-state index contributed by atoms with van der Waals surface area (Å²) in [6.07, 6.45) is -1.76. The number of nitrogens with two attached hydrogens (primary N) is 1. The molecule has 0 saturated carbocycles. The smallest absolute Gasteiger partial charge is 0.426 e. The van der Waals surface area contributed by atoms with Gasteiger partial charge in [0.25, 0.3) is 5.56 Å². The van der Waals surface area contributed by atoms with Crippen molar-refractivity contribution in [2.75, 3.05) is 27.4 Å². The number of nitrogens with zero attached hydrogens (tertiary/aromatic N) is 2. The van der Waals surface area contributed by atoms with Gasteiger partial charge in [0.1, 0.15) is 28.7 Å². The van der Waals surface area contributed by atoms with Crippen molar-refractivity contribution >= 4 is 20.3 Å². The predicted molar refractivity (Wildman–Crippen MR) is 218 cm³/mol. The van der Waals surface area contributed by atoms with Crippen LogP contribution < -0.4 is 26.2 Å². The first-order valence-corrected chi connectivity index (χ1v) is 20.4. The number of aromatic amines is 1. The number of hydrogen-bond acceptors (Lipinski definition) is 12. The van der Waals surface area contributed by atoms with E-state index in [4.69, 9.17) is 29.0 Å². The molecular weight excluding hydrogens is 779 g/mol. The Hall–Kier alpha value is -5.51. The van der Waals surface area contributed by atoms with Crippen molar-refractivity contribution in [2.24, 2.45) is 5.50 Å². The Kier molecular flexibility index (Phi) is 12.3. The molecule has 16 heteroatoms. The second-order valence-corrected chi connectivity index (χ2v) is 15.0. The Bertz CT molecular complexity index is 2390. The van der Waals surface area contributed by atoms with Gasteiger partial charge in [0.15, 0.2) is 6.10 Å². The monoisotopic (exact) mass is 825 g/mol. The highest BCUT2D eigenvalue weighted by molar-refractivity contribution is 7.43. The van der Waals surface area contributed by atoms with Crippen molar-refractivity contribution in [3.05, 3.63) is 164 Å². The number of amides is 1. The Morgan fingerprint density at radius 1 is 0.864 bits per heavy atom. The maximum Gasteiger partial charge on any atom is 0.426 e. The predicted octanol–water partition coefficient (Wildman–Crippen LogP) is 3.90. The van der Waals surface area contributed by atoms with E-state index in [-0.39, 0.29) is 23.6 Å². The molecule has 5 aromatic rings. The van der Waals surface area contributed by atoms with Crippen molar-refractivity contribution in [2.45, 2.75) is 55.8 Å². The molecule has 2 aliphatic rings. The van der Waals surface area contributed by atoms with Gasteiger partial charge in [-0.15, -0.1) is 0 Å². The van der Waals surface area contributed by atoms with Gasteiger partial charge >= 0.3 is 23.2 Å². The van der Waals surface area contributed by atoms with Crippen molar-refractivity contribution in [3.63, 3.8) is 0 Å². The van der Waals surface area contributed by atoms with E-state index in [2.05, 4.69) is 4.98 Å². The number of aliphatic hydroxyl groups excluding tert-OH is 1. The molecule has 5 atom stereocenters.